The molecule has 10 nitrogen and oxygen atoms in total. The Morgan fingerprint density at radius 1 is 0.557 bits per heavy atom. The highest BCUT2D eigenvalue weighted by Crippen LogP contribution is 2.29. The third-order valence-corrected chi connectivity index (χ3v) is 11.6. The molecule has 0 saturated carbocycles. The van der Waals surface area contributed by atoms with Crippen molar-refractivity contribution in [3.63, 3.8) is 0 Å². The fraction of sp³-hybridized carbons (Fsp3) is 0.164. The number of hydrogen-bond donors (Lipinski definition) is 3. The molecule has 354 valence electrons. The molecule has 3 amide bonds. The maximum Gasteiger partial charge on any atom is 0.246 e. The Bertz CT molecular complexity index is 3130. The first-order valence-electron chi connectivity index (χ1n) is 21.9. The van der Waals surface area contributed by atoms with E-state index >= 15 is 0 Å². The van der Waals surface area contributed by atoms with Crippen LogP contribution in [-0.2, 0) is 19.1 Å². The fourth-order valence-corrected chi connectivity index (χ4v) is 8.06. The van der Waals surface area contributed by atoms with E-state index in [-0.39, 0.29) is 71.8 Å². The minimum absolute atomic E-state index is 0. The van der Waals surface area contributed by atoms with Crippen LogP contribution < -0.4 is 16.0 Å². The van der Waals surface area contributed by atoms with Crippen molar-refractivity contribution in [2.24, 2.45) is 15.0 Å². The summed E-state index contributed by atoms with van der Waals surface area (Å²) in [6, 6.07) is 35.3. The van der Waals surface area contributed by atoms with Gasteiger partial charge in [0, 0.05) is 62.2 Å². The number of carbonyl (C=O) groups excluding carboxylic acids is 3. The van der Waals surface area contributed by atoms with Crippen LogP contribution in [0.2, 0.25) is 6.55 Å². The van der Waals surface area contributed by atoms with Gasteiger partial charge in [-0.1, -0.05) is 78.1 Å². The Balaban J connectivity index is 0.000000163. The maximum atomic E-state index is 14.2. The summed E-state index contributed by atoms with van der Waals surface area (Å²) in [4.78, 5) is 48.0. The van der Waals surface area contributed by atoms with Gasteiger partial charge < -0.3 is 20.7 Å². The summed E-state index contributed by atoms with van der Waals surface area (Å²) in [5, 5.41) is 8.33. The van der Waals surface area contributed by atoms with E-state index in [9.17, 15) is 27.6 Å². The molecule has 0 aromatic heterocycles. The van der Waals surface area contributed by atoms with Crippen molar-refractivity contribution in [3.05, 3.63) is 194 Å². The van der Waals surface area contributed by atoms with E-state index < -0.39 is 0 Å². The lowest BCUT2D eigenvalue weighted by atomic mass is 9.98. The standard InChI is InChI=1S/C18H15FN2OSi.C17H11FN2O.C15H10BrFN2O.C4H8O.CH4/c1-23-9-8-12-6-7-16-14(10-12)18(20-11-17(22)21-16)13-4-2-3-5-15(13)19;1-2-11-7-8-15-13(9-11)17(19-10-16(21)20-15)12-5-3-4-6-14(12)18;16-9-5-6-13-11(7-9)15(18-8-14(20)19-13)10-3-1-2-4-12(10)17;1-2-4-5-3-1;/h2-7,10H,11,23H2,1H3,(H,21,22);1,3-9H,10H2,(H,20,21);1-7H,8H2,(H,19,20);1-4H2;1H4. The number of aliphatic imine (C=N–C) groups is 3. The van der Waals surface area contributed by atoms with Gasteiger partial charge >= 0.3 is 0 Å². The number of hydrogen-bond acceptors (Lipinski definition) is 7. The zero-order valence-corrected chi connectivity index (χ0v) is 40.3. The van der Waals surface area contributed by atoms with Gasteiger partial charge in [-0.3, -0.25) is 29.4 Å². The summed E-state index contributed by atoms with van der Waals surface area (Å²) in [6.07, 6.45) is 7.97. The largest absolute Gasteiger partial charge is 0.381 e. The zero-order chi connectivity index (χ0) is 48.7. The van der Waals surface area contributed by atoms with Crippen molar-refractivity contribution >= 4 is 77.4 Å². The van der Waals surface area contributed by atoms with Gasteiger partial charge in [0.1, 0.15) is 46.6 Å². The molecule has 15 heteroatoms. The molecule has 0 radical (unpaired) electrons. The van der Waals surface area contributed by atoms with E-state index in [0.29, 0.717) is 73.1 Å². The number of amides is 3. The number of terminal acetylenes is 1. The first kappa shape index (κ1) is 51.7. The highest BCUT2D eigenvalue weighted by molar-refractivity contribution is 9.10. The minimum atomic E-state index is -0.386. The SMILES string of the molecule is C.C#Cc1ccc2c(c1)C(c1ccccc1F)=NCC(=O)N2.C1CCOC1.C[SiH2]C#Cc1ccc2c(c1)C(c1ccccc1F)=NCC(=O)N2.O=C1CN=C(c2ccccc2F)c2cc(Br)ccc2N1. The summed E-state index contributed by atoms with van der Waals surface area (Å²) < 4.78 is 48.0. The molecular formula is C55H48BrF3N6O4Si. The van der Waals surface area contributed by atoms with Crippen LogP contribution in [0.15, 0.2) is 147 Å². The van der Waals surface area contributed by atoms with E-state index in [1.165, 1.54) is 31.0 Å². The number of ether oxygens (including phenoxy) is 1. The summed E-state index contributed by atoms with van der Waals surface area (Å²) in [7, 11) is -0.356. The van der Waals surface area contributed by atoms with E-state index in [1.807, 2.05) is 24.3 Å². The fourth-order valence-electron chi connectivity index (χ4n) is 7.32. The molecule has 4 aliphatic rings. The van der Waals surface area contributed by atoms with Gasteiger partial charge in [-0.05, 0) is 104 Å². The number of benzodiazepines with no additional fused rings is 3. The van der Waals surface area contributed by atoms with Crippen LogP contribution >= 0.6 is 15.9 Å². The third kappa shape index (κ3) is 13.3. The molecule has 10 rings (SSSR count). The highest BCUT2D eigenvalue weighted by Gasteiger charge is 2.23. The minimum Gasteiger partial charge on any atom is -0.381 e. The van der Waals surface area contributed by atoms with Crippen LogP contribution in [0.25, 0.3) is 0 Å². The Morgan fingerprint density at radius 2 is 0.943 bits per heavy atom. The van der Waals surface area contributed by atoms with Crippen LogP contribution in [-0.4, -0.2) is 77.2 Å². The van der Waals surface area contributed by atoms with Crippen molar-refractivity contribution in [3.8, 4) is 23.8 Å². The lowest BCUT2D eigenvalue weighted by molar-refractivity contribution is -0.115. The lowest BCUT2D eigenvalue weighted by Crippen LogP contribution is -2.13. The van der Waals surface area contributed by atoms with E-state index in [4.69, 9.17) is 11.2 Å². The number of nitrogens with zero attached hydrogens (tertiary/aromatic N) is 3. The predicted molar refractivity (Wildman–Crippen MR) is 280 cm³/mol. The molecule has 0 atom stereocenters. The lowest BCUT2D eigenvalue weighted by Gasteiger charge is -2.11. The average molecular weight is 1020 g/mol. The van der Waals surface area contributed by atoms with Gasteiger partial charge in [0.2, 0.25) is 17.7 Å². The molecule has 3 N–H and O–H groups in total. The number of fused-ring (bicyclic) bond motifs is 3. The molecular weight excluding hydrogens is 974 g/mol. The topological polar surface area (TPSA) is 134 Å². The van der Waals surface area contributed by atoms with Crippen molar-refractivity contribution in [2.45, 2.75) is 26.8 Å². The first-order valence-corrected chi connectivity index (χ1v) is 24.8. The van der Waals surface area contributed by atoms with Crippen LogP contribution in [0.3, 0.4) is 0 Å². The van der Waals surface area contributed by atoms with Gasteiger partial charge in [-0.25, -0.2) is 13.2 Å². The summed E-state index contributed by atoms with van der Waals surface area (Å²) in [5.41, 5.74) is 11.0. The second kappa shape index (κ2) is 25.1. The van der Waals surface area contributed by atoms with Crippen molar-refractivity contribution < 1.29 is 32.3 Å². The van der Waals surface area contributed by atoms with Crippen LogP contribution in [0, 0.1) is 41.3 Å². The molecule has 4 heterocycles. The van der Waals surface area contributed by atoms with Crippen LogP contribution in [0.5, 0.6) is 0 Å². The number of anilines is 3. The number of benzene rings is 6. The van der Waals surface area contributed by atoms with Gasteiger partial charge in [0.25, 0.3) is 0 Å². The quantitative estimate of drug-likeness (QED) is 0.120. The molecule has 6 aromatic rings. The number of nitrogens with one attached hydrogen (secondary N) is 3. The zero-order valence-electron chi connectivity index (χ0n) is 37.3. The normalized spacial score (nSPS) is 14.3. The first-order chi connectivity index (χ1) is 33.5. The highest BCUT2D eigenvalue weighted by atomic mass is 79.9. The Hall–Kier alpha value is -7.69. The molecule has 1 fully saturated rings. The van der Waals surface area contributed by atoms with E-state index in [2.05, 4.69) is 70.8 Å². The number of carbonyl (C=O) groups is 3. The second-order valence-corrected chi connectivity index (χ2v) is 17.4. The van der Waals surface area contributed by atoms with E-state index in [1.54, 1.807) is 84.9 Å². The van der Waals surface area contributed by atoms with Crippen LogP contribution in [0.1, 0.15) is 64.8 Å². The third-order valence-electron chi connectivity index (χ3n) is 10.5. The Morgan fingerprint density at radius 3 is 1.33 bits per heavy atom. The molecule has 0 aliphatic carbocycles. The number of halogens is 4. The van der Waals surface area contributed by atoms with Gasteiger partial charge in [0.15, 0.2) is 0 Å². The molecule has 0 spiro atoms. The predicted octanol–water partition coefficient (Wildman–Crippen LogP) is 9.55. The van der Waals surface area contributed by atoms with Gasteiger partial charge in [0.05, 0.1) is 34.2 Å². The summed E-state index contributed by atoms with van der Waals surface area (Å²) in [6.45, 7) is 4.02. The molecule has 6 aromatic carbocycles. The van der Waals surface area contributed by atoms with Crippen molar-refractivity contribution in [1.29, 1.82) is 0 Å². The van der Waals surface area contributed by atoms with Crippen molar-refractivity contribution in [2.75, 3.05) is 48.8 Å². The Kier molecular flexibility index (Phi) is 18.5. The molecule has 4 aliphatic heterocycles. The molecule has 1 saturated heterocycles. The average Bonchev–Trinajstić information content (AvgIpc) is 3.79. The molecule has 70 heavy (non-hydrogen) atoms. The summed E-state index contributed by atoms with van der Waals surface area (Å²) in [5.74, 6) is 3.89. The van der Waals surface area contributed by atoms with Crippen molar-refractivity contribution in [1.82, 2.24) is 0 Å². The molecule has 0 unspecified atom stereocenters. The maximum absolute atomic E-state index is 14.2. The van der Waals surface area contributed by atoms with Crippen LogP contribution in [0.4, 0.5) is 30.2 Å². The van der Waals surface area contributed by atoms with Gasteiger partial charge in [-0.15, -0.1) is 12.0 Å². The number of rotatable bonds is 3. The van der Waals surface area contributed by atoms with Gasteiger partial charge in [-0.2, -0.15) is 0 Å². The Labute approximate surface area is 416 Å². The smallest absolute Gasteiger partial charge is 0.246 e. The second-order valence-electron chi connectivity index (χ2n) is 15.4. The van der Waals surface area contributed by atoms with E-state index in [0.717, 1.165) is 23.2 Å². The molecule has 0 bridgehead atoms. The summed E-state index contributed by atoms with van der Waals surface area (Å²) >= 11 is 3.39. The monoisotopic (exact) mass is 1020 g/mol.